The number of aryl methyl sites for hydroxylation is 1. The van der Waals surface area contributed by atoms with Gasteiger partial charge in [-0.2, -0.15) is 4.98 Å². The van der Waals surface area contributed by atoms with E-state index in [1.54, 1.807) is 13.4 Å². The number of aromatic nitrogens is 5. The van der Waals surface area contributed by atoms with Crippen molar-refractivity contribution in [2.75, 3.05) is 7.11 Å². The Morgan fingerprint density at radius 1 is 1.32 bits per heavy atom. The van der Waals surface area contributed by atoms with Gasteiger partial charge in [-0.25, -0.2) is 0 Å². The number of ether oxygens (including phenoxy) is 1. The molecule has 0 atom stereocenters. The highest BCUT2D eigenvalue weighted by Gasteiger charge is 2.13. The van der Waals surface area contributed by atoms with E-state index in [0.717, 1.165) is 23.0 Å². The summed E-state index contributed by atoms with van der Waals surface area (Å²) in [4.78, 5) is 4.28. The van der Waals surface area contributed by atoms with E-state index in [2.05, 4.69) is 20.3 Å². The van der Waals surface area contributed by atoms with Crippen LogP contribution in [-0.2, 0) is 12.2 Å². The zero-order valence-electron chi connectivity index (χ0n) is 12.3. The second kappa shape index (κ2) is 6.61. The highest BCUT2D eigenvalue weighted by atomic mass is 32.2. The van der Waals surface area contributed by atoms with Gasteiger partial charge in [-0.15, -0.1) is 10.2 Å². The molecule has 7 nitrogen and oxygen atoms in total. The third-order valence-corrected chi connectivity index (χ3v) is 3.94. The molecular formula is C14H15N5O2S. The molecule has 3 rings (SSSR count). The van der Waals surface area contributed by atoms with Crippen molar-refractivity contribution in [3.8, 4) is 11.4 Å². The van der Waals surface area contributed by atoms with E-state index in [0.29, 0.717) is 17.5 Å². The van der Waals surface area contributed by atoms with Crippen LogP contribution in [-0.4, -0.2) is 32.0 Å². The Hall–Kier alpha value is -2.35. The van der Waals surface area contributed by atoms with E-state index in [9.17, 15) is 0 Å². The first-order valence-corrected chi connectivity index (χ1v) is 7.78. The number of nitrogens with zero attached hydrogens (tertiary/aromatic N) is 5. The van der Waals surface area contributed by atoms with Gasteiger partial charge in [0, 0.05) is 6.42 Å². The van der Waals surface area contributed by atoms with Crippen LogP contribution in [0.2, 0.25) is 0 Å². The second-order valence-corrected chi connectivity index (χ2v) is 5.34. The van der Waals surface area contributed by atoms with Crippen LogP contribution in [0.15, 0.2) is 40.3 Å². The van der Waals surface area contributed by atoms with Crippen LogP contribution in [0.1, 0.15) is 18.6 Å². The van der Waals surface area contributed by atoms with E-state index in [1.807, 2.05) is 35.8 Å². The van der Waals surface area contributed by atoms with Crippen LogP contribution in [0.5, 0.6) is 5.75 Å². The SMILES string of the molecule is CCc1noc(CSc2nncn2-c2ccccc2OC)n1. The van der Waals surface area contributed by atoms with Crippen LogP contribution < -0.4 is 4.74 Å². The van der Waals surface area contributed by atoms with E-state index < -0.39 is 0 Å². The first-order chi connectivity index (χ1) is 10.8. The van der Waals surface area contributed by atoms with Gasteiger partial charge in [0.1, 0.15) is 12.1 Å². The predicted molar refractivity (Wildman–Crippen MR) is 81.1 cm³/mol. The maximum atomic E-state index is 5.38. The topological polar surface area (TPSA) is 78.9 Å². The molecule has 2 heterocycles. The molecule has 1 aromatic carbocycles. The van der Waals surface area contributed by atoms with Crippen molar-refractivity contribution in [3.63, 3.8) is 0 Å². The maximum absolute atomic E-state index is 5.38. The van der Waals surface area contributed by atoms with Crippen LogP contribution in [0.25, 0.3) is 5.69 Å². The van der Waals surface area contributed by atoms with Crippen molar-refractivity contribution in [2.24, 2.45) is 0 Å². The van der Waals surface area contributed by atoms with Gasteiger partial charge in [0.25, 0.3) is 0 Å². The van der Waals surface area contributed by atoms with Gasteiger partial charge in [-0.3, -0.25) is 4.57 Å². The standard InChI is InChI=1S/C14H15N5O2S/c1-3-12-16-13(21-18-12)8-22-14-17-15-9-19(14)10-6-4-5-7-11(10)20-2/h4-7,9H,3,8H2,1-2H3. The minimum Gasteiger partial charge on any atom is -0.495 e. The summed E-state index contributed by atoms with van der Waals surface area (Å²) in [6, 6.07) is 7.71. The van der Waals surface area contributed by atoms with Gasteiger partial charge in [0.2, 0.25) is 5.89 Å². The summed E-state index contributed by atoms with van der Waals surface area (Å²) in [6.45, 7) is 1.99. The van der Waals surface area contributed by atoms with Crippen molar-refractivity contribution in [3.05, 3.63) is 42.3 Å². The zero-order chi connectivity index (χ0) is 15.4. The Morgan fingerprint density at radius 2 is 2.18 bits per heavy atom. The molecule has 0 radical (unpaired) electrons. The molecule has 0 spiro atoms. The quantitative estimate of drug-likeness (QED) is 0.646. The lowest BCUT2D eigenvalue weighted by Crippen LogP contribution is -1.98. The lowest BCUT2D eigenvalue weighted by atomic mass is 10.3. The van der Waals surface area contributed by atoms with Gasteiger partial charge < -0.3 is 9.26 Å². The largest absolute Gasteiger partial charge is 0.495 e. The molecule has 0 aliphatic rings. The van der Waals surface area contributed by atoms with Crippen LogP contribution in [0, 0.1) is 0 Å². The van der Waals surface area contributed by atoms with Gasteiger partial charge in [-0.05, 0) is 12.1 Å². The highest BCUT2D eigenvalue weighted by molar-refractivity contribution is 7.98. The average molecular weight is 317 g/mol. The summed E-state index contributed by atoms with van der Waals surface area (Å²) in [5.74, 6) is 2.59. The zero-order valence-corrected chi connectivity index (χ0v) is 13.1. The number of methoxy groups -OCH3 is 1. The average Bonchev–Trinajstić information content (AvgIpc) is 3.21. The minimum absolute atomic E-state index is 0.543. The molecule has 3 aromatic rings. The number of thioether (sulfide) groups is 1. The molecule has 0 N–H and O–H groups in total. The second-order valence-electron chi connectivity index (χ2n) is 4.40. The molecule has 0 amide bonds. The summed E-state index contributed by atoms with van der Waals surface area (Å²) >= 11 is 1.48. The fourth-order valence-corrected chi connectivity index (χ4v) is 2.69. The van der Waals surface area contributed by atoms with Gasteiger partial charge in [0.05, 0.1) is 18.6 Å². The summed E-state index contributed by atoms with van der Waals surface area (Å²) in [7, 11) is 1.64. The number of hydrogen-bond acceptors (Lipinski definition) is 7. The Kier molecular flexibility index (Phi) is 4.38. The van der Waals surface area contributed by atoms with Crippen LogP contribution >= 0.6 is 11.8 Å². The van der Waals surface area contributed by atoms with Crippen LogP contribution in [0.3, 0.4) is 0 Å². The van der Waals surface area contributed by atoms with Crippen molar-refractivity contribution in [1.82, 2.24) is 24.9 Å². The molecule has 0 aliphatic heterocycles. The Morgan fingerprint density at radius 3 is 2.95 bits per heavy atom. The smallest absolute Gasteiger partial charge is 0.237 e. The van der Waals surface area contributed by atoms with E-state index in [1.165, 1.54) is 11.8 Å². The fourth-order valence-electron chi connectivity index (χ4n) is 1.94. The molecular weight excluding hydrogens is 302 g/mol. The normalized spacial score (nSPS) is 10.8. The highest BCUT2D eigenvalue weighted by Crippen LogP contribution is 2.27. The third kappa shape index (κ3) is 2.96. The molecule has 0 bridgehead atoms. The monoisotopic (exact) mass is 317 g/mol. The lowest BCUT2D eigenvalue weighted by Gasteiger charge is -2.10. The van der Waals surface area contributed by atoms with E-state index >= 15 is 0 Å². The predicted octanol–water partition coefficient (Wildman–Crippen LogP) is 2.51. The Bertz CT molecular complexity index is 755. The maximum Gasteiger partial charge on any atom is 0.237 e. The minimum atomic E-state index is 0.543. The molecule has 0 unspecified atom stereocenters. The summed E-state index contributed by atoms with van der Waals surface area (Å²) in [6.07, 6.45) is 2.41. The Labute approximate surface area is 131 Å². The summed E-state index contributed by atoms with van der Waals surface area (Å²) in [5, 5.41) is 12.7. The van der Waals surface area contributed by atoms with E-state index in [4.69, 9.17) is 9.26 Å². The van der Waals surface area contributed by atoms with Gasteiger partial charge >= 0.3 is 0 Å². The fraction of sp³-hybridized carbons (Fsp3) is 0.286. The Balaban J connectivity index is 1.80. The molecule has 22 heavy (non-hydrogen) atoms. The number of hydrogen-bond donors (Lipinski definition) is 0. The molecule has 2 aromatic heterocycles. The van der Waals surface area contributed by atoms with Crippen molar-refractivity contribution >= 4 is 11.8 Å². The number of benzene rings is 1. The lowest BCUT2D eigenvalue weighted by molar-refractivity contribution is 0.385. The van der Waals surface area contributed by atoms with Crippen LogP contribution in [0.4, 0.5) is 0 Å². The number of para-hydroxylation sites is 2. The third-order valence-electron chi connectivity index (χ3n) is 3.01. The molecule has 8 heteroatoms. The molecule has 0 saturated heterocycles. The van der Waals surface area contributed by atoms with Crippen molar-refractivity contribution in [2.45, 2.75) is 24.3 Å². The summed E-state index contributed by atoms with van der Waals surface area (Å²) < 4.78 is 12.4. The molecule has 114 valence electrons. The van der Waals surface area contributed by atoms with Crippen molar-refractivity contribution in [1.29, 1.82) is 0 Å². The van der Waals surface area contributed by atoms with E-state index in [-0.39, 0.29) is 0 Å². The first-order valence-electron chi connectivity index (χ1n) is 6.79. The van der Waals surface area contributed by atoms with Gasteiger partial charge in [-0.1, -0.05) is 36.0 Å². The summed E-state index contributed by atoms with van der Waals surface area (Å²) in [5.41, 5.74) is 0.886. The van der Waals surface area contributed by atoms with Crippen molar-refractivity contribution < 1.29 is 9.26 Å². The van der Waals surface area contributed by atoms with Gasteiger partial charge in [0.15, 0.2) is 11.0 Å². The first kappa shape index (κ1) is 14.6. The molecule has 0 aliphatic carbocycles. The number of rotatable bonds is 6. The molecule has 0 saturated carbocycles. The molecule has 0 fully saturated rings.